The number of piperidine rings is 1. The van der Waals surface area contributed by atoms with Crippen LogP contribution in [0.1, 0.15) is 37.2 Å². The van der Waals surface area contributed by atoms with Crippen molar-refractivity contribution in [2.24, 2.45) is 5.92 Å². The lowest BCUT2D eigenvalue weighted by Gasteiger charge is -2.30. The highest BCUT2D eigenvalue weighted by molar-refractivity contribution is 7.10. The molecule has 1 aliphatic rings. The summed E-state index contributed by atoms with van der Waals surface area (Å²) >= 11 is 1.65. The van der Waals surface area contributed by atoms with Gasteiger partial charge in [-0.15, -0.1) is 11.3 Å². The maximum atomic E-state index is 9.98. The highest BCUT2D eigenvalue weighted by Gasteiger charge is 2.17. The predicted octanol–water partition coefficient (Wildman–Crippen LogP) is 2.90. The van der Waals surface area contributed by atoms with Crippen LogP contribution in [-0.4, -0.2) is 29.6 Å². The average Bonchev–Trinajstić information content (AvgIpc) is 2.81. The molecule has 0 aliphatic carbocycles. The minimum atomic E-state index is -0.264. The van der Waals surface area contributed by atoms with E-state index < -0.39 is 0 Å². The van der Waals surface area contributed by atoms with E-state index >= 15 is 0 Å². The van der Waals surface area contributed by atoms with Crippen molar-refractivity contribution < 1.29 is 5.11 Å². The summed E-state index contributed by atoms with van der Waals surface area (Å²) in [6, 6.07) is 4.03. The van der Waals surface area contributed by atoms with E-state index in [0.29, 0.717) is 0 Å². The van der Waals surface area contributed by atoms with E-state index in [4.69, 9.17) is 0 Å². The topological polar surface area (TPSA) is 23.5 Å². The Kier molecular flexibility index (Phi) is 4.38. The molecule has 0 saturated carbocycles. The third-order valence-corrected chi connectivity index (χ3v) is 4.44. The van der Waals surface area contributed by atoms with Gasteiger partial charge < -0.3 is 10.0 Å². The van der Waals surface area contributed by atoms with Gasteiger partial charge in [0.1, 0.15) is 0 Å². The number of thiophene rings is 1. The van der Waals surface area contributed by atoms with Gasteiger partial charge in [0.25, 0.3) is 0 Å². The molecule has 1 atom stereocenters. The quantitative estimate of drug-likeness (QED) is 0.873. The fourth-order valence-electron chi connectivity index (χ4n) is 2.21. The Morgan fingerprint density at radius 1 is 1.50 bits per heavy atom. The SMILES string of the molecule is CC1CCN(CC[C@@H](O)c2cccs2)CC1. The van der Waals surface area contributed by atoms with E-state index in [1.54, 1.807) is 11.3 Å². The number of aliphatic hydroxyl groups is 1. The minimum Gasteiger partial charge on any atom is -0.388 e. The van der Waals surface area contributed by atoms with Gasteiger partial charge in [0.2, 0.25) is 0 Å². The second-order valence-corrected chi connectivity index (χ2v) is 5.82. The molecule has 0 aromatic carbocycles. The van der Waals surface area contributed by atoms with E-state index in [1.807, 2.05) is 17.5 Å². The van der Waals surface area contributed by atoms with Gasteiger partial charge in [-0.3, -0.25) is 0 Å². The van der Waals surface area contributed by atoms with Gasteiger partial charge in [-0.2, -0.15) is 0 Å². The highest BCUT2D eigenvalue weighted by Crippen LogP contribution is 2.23. The first-order valence-electron chi connectivity index (χ1n) is 6.19. The molecule has 2 rings (SSSR count). The first kappa shape index (κ1) is 12.1. The third-order valence-electron chi connectivity index (χ3n) is 3.47. The van der Waals surface area contributed by atoms with Gasteiger partial charge in [0, 0.05) is 11.4 Å². The normalized spacial score (nSPS) is 21.1. The Bertz CT molecular complexity index is 291. The monoisotopic (exact) mass is 239 g/mol. The van der Waals surface area contributed by atoms with E-state index in [0.717, 1.165) is 23.8 Å². The van der Waals surface area contributed by atoms with Gasteiger partial charge in [0.15, 0.2) is 0 Å². The molecule has 0 radical (unpaired) electrons. The van der Waals surface area contributed by atoms with Crippen LogP contribution in [0, 0.1) is 5.92 Å². The van der Waals surface area contributed by atoms with Crippen molar-refractivity contribution in [3.63, 3.8) is 0 Å². The van der Waals surface area contributed by atoms with Crippen molar-refractivity contribution in [2.75, 3.05) is 19.6 Å². The summed E-state index contributed by atoms with van der Waals surface area (Å²) in [7, 11) is 0. The smallest absolute Gasteiger partial charge is 0.0894 e. The predicted molar refractivity (Wildman–Crippen MR) is 68.7 cm³/mol. The number of nitrogens with zero attached hydrogens (tertiary/aromatic N) is 1. The molecule has 16 heavy (non-hydrogen) atoms. The molecule has 0 amide bonds. The van der Waals surface area contributed by atoms with Crippen LogP contribution in [0.4, 0.5) is 0 Å². The van der Waals surface area contributed by atoms with Gasteiger partial charge in [-0.1, -0.05) is 13.0 Å². The number of hydrogen-bond donors (Lipinski definition) is 1. The van der Waals surface area contributed by atoms with Crippen LogP contribution in [-0.2, 0) is 0 Å². The molecule has 3 heteroatoms. The zero-order chi connectivity index (χ0) is 11.4. The van der Waals surface area contributed by atoms with Crippen LogP contribution < -0.4 is 0 Å². The number of hydrogen-bond acceptors (Lipinski definition) is 3. The molecule has 1 saturated heterocycles. The molecular formula is C13H21NOS. The minimum absolute atomic E-state index is 0.264. The summed E-state index contributed by atoms with van der Waals surface area (Å²) in [5.41, 5.74) is 0. The second kappa shape index (κ2) is 5.80. The van der Waals surface area contributed by atoms with Crippen molar-refractivity contribution in [2.45, 2.75) is 32.3 Å². The number of aliphatic hydroxyl groups excluding tert-OH is 1. The molecule has 90 valence electrons. The Balaban J connectivity index is 1.71. The summed E-state index contributed by atoms with van der Waals surface area (Å²) < 4.78 is 0. The summed E-state index contributed by atoms with van der Waals surface area (Å²) in [4.78, 5) is 3.59. The lowest BCUT2D eigenvalue weighted by Crippen LogP contribution is -2.34. The van der Waals surface area contributed by atoms with E-state index in [2.05, 4.69) is 11.8 Å². The summed E-state index contributed by atoms with van der Waals surface area (Å²) in [5, 5.41) is 12.0. The molecule has 2 nitrogen and oxygen atoms in total. The molecule has 0 bridgehead atoms. The maximum Gasteiger partial charge on any atom is 0.0894 e. The molecule has 1 fully saturated rings. The first-order valence-corrected chi connectivity index (χ1v) is 7.07. The van der Waals surface area contributed by atoms with Crippen LogP contribution in [0.5, 0.6) is 0 Å². The zero-order valence-electron chi connectivity index (χ0n) is 9.93. The third kappa shape index (κ3) is 3.30. The fraction of sp³-hybridized carbons (Fsp3) is 0.692. The molecule has 1 aromatic rings. The summed E-state index contributed by atoms with van der Waals surface area (Å²) in [5.74, 6) is 0.887. The summed E-state index contributed by atoms with van der Waals surface area (Å²) in [6.07, 6.45) is 3.23. The molecule has 2 heterocycles. The van der Waals surface area contributed by atoms with E-state index in [1.165, 1.54) is 25.9 Å². The Hall–Kier alpha value is -0.380. The van der Waals surface area contributed by atoms with Gasteiger partial charge in [0.05, 0.1) is 6.10 Å². The Labute approximate surface area is 102 Å². The van der Waals surface area contributed by atoms with E-state index in [9.17, 15) is 5.11 Å². The van der Waals surface area contributed by atoms with Gasteiger partial charge >= 0.3 is 0 Å². The van der Waals surface area contributed by atoms with Gasteiger partial charge in [-0.25, -0.2) is 0 Å². The van der Waals surface area contributed by atoms with Crippen LogP contribution in [0.3, 0.4) is 0 Å². The summed E-state index contributed by atoms with van der Waals surface area (Å²) in [6.45, 7) is 5.78. The van der Waals surface area contributed by atoms with Crippen molar-refractivity contribution in [1.29, 1.82) is 0 Å². The first-order chi connectivity index (χ1) is 7.75. The average molecular weight is 239 g/mol. The molecule has 1 aliphatic heterocycles. The van der Waals surface area contributed by atoms with Crippen molar-refractivity contribution in [3.8, 4) is 0 Å². The van der Waals surface area contributed by atoms with Crippen LogP contribution >= 0.6 is 11.3 Å². The standard InChI is InChI=1S/C13H21NOS/c1-11-4-7-14(8-5-11)9-6-12(15)13-3-2-10-16-13/h2-3,10-12,15H,4-9H2,1H3/t12-/m1/s1. The second-order valence-electron chi connectivity index (χ2n) is 4.84. The maximum absolute atomic E-state index is 9.98. The van der Waals surface area contributed by atoms with Crippen molar-refractivity contribution >= 4 is 11.3 Å². The number of rotatable bonds is 4. The lowest BCUT2D eigenvalue weighted by molar-refractivity contribution is 0.127. The van der Waals surface area contributed by atoms with Crippen LogP contribution in [0.15, 0.2) is 17.5 Å². The van der Waals surface area contributed by atoms with Crippen molar-refractivity contribution in [3.05, 3.63) is 22.4 Å². The number of likely N-dealkylation sites (tertiary alicyclic amines) is 1. The molecular weight excluding hydrogens is 218 g/mol. The Morgan fingerprint density at radius 3 is 2.88 bits per heavy atom. The van der Waals surface area contributed by atoms with Crippen molar-refractivity contribution in [1.82, 2.24) is 4.90 Å². The molecule has 1 N–H and O–H groups in total. The fourth-order valence-corrected chi connectivity index (χ4v) is 2.96. The van der Waals surface area contributed by atoms with Crippen LogP contribution in [0.25, 0.3) is 0 Å². The molecule has 1 aromatic heterocycles. The zero-order valence-corrected chi connectivity index (χ0v) is 10.7. The molecule has 0 unspecified atom stereocenters. The van der Waals surface area contributed by atoms with Crippen LogP contribution in [0.2, 0.25) is 0 Å². The molecule has 0 spiro atoms. The lowest BCUT2D eigenvalue weighted by atomic mass is 9.99. The highest BCUT2D eigenvalue weighted by atomic mass is 32.1. The largest absolute Gasteiger partial charge is 0.388 e. The Morgan fingerprint density at radius 2 is 2.25 bits per heavy atom. The van der Waals surface area contributed by atoms with Gasteiger partial charge in [-0.05, 0) is 49.7 Å². The van der Waals surface area contributed by atoms with E-state index in [-0.39, 0.29) is 6.10 Å².